The average Bonchev–Trinajstić information content (AvgIpc) is 3.30. The number of fused-ring (bicyclic) bond motifs is 1. The number of nitrogens with one attached hydrogen (secondary N) is 1. The average molecular weight is 569 g/mol. The van der Waals surface area contributed by atoms with Gasteiger partial charge >= 0.3 is 0 Å². The molecule has 1 aliphatic heterocycles. The fourth-order valence-electron chi connectivity index (χ4n) is 3.99. The van der Waals surface area contributed by atoms with Gasteiger partial charge in [0.1, 0.15) is 0 Å². The van der Waals surface area contributed by atoms with Crippen molar-refractivity contribution in [3.8, 4) is 11.5 Å². The van der Waals surface area contributed by atoms with Crippen LogP contribution in [0, 0.1) is 0 Å². The van der Waals surface area contributed by atoms with Crippen LogP contribution in [-0.4, -0.2) is 87.2 Å². The molecule has 1 heterocycles. The van der Waals surface area contributed by atoms with Gasteiger partial charge in [-0.2, -0.15) is 0 Å². The van der Waals surface area contributed by atoms with Gasteiger partial charge in [0, 0.05) is 57.6 Å². The topological polar surface area (TPSA) is 116 Å². The van der Waals surface area contributed by atoms with Crippen LogP contribution in [0.4, 0.5) is 0 Å². The van der Waals surface area contributed by atoms with Crippen LogP contribution in [0.3, 0.4) is 0 Å². The second-order valence-electron chi connectivity index (χ2n) is 8.65. The molecule has 1 aliphatic rings. The first-order valence-corrected chi connectivity index (χ1v) is 14.8. The van der Waals surface area contributed by atoms with E-state index >= 15 is 0 Å². The van der Waals surface area contributed by atoms with Crippen LogP contribution in [0.15, 0.2) is 76.5 Å². The first kappa shape index (κ1) is 29.8. The van der Waals surface area contributed by atoms with Crippen LogP contribution < -0.4 is 14.2 Å². The molecule has 0 spiro atoms. The number of aryl methyl sites for hydroxylation is 1. The first-order chi connectivity index (χ1) is 17.1. The maximum absolute atomic E-state index is 13.4. The molecule has 4 rings (SSSR count). The monoisotopic (exact) mass is 568 g/mol. The number of rotatable bonds is 9. The summed E-state index contributed by atoms with van der Waals surface area (Å²) in [5, 5.41) is 0. The summed E-state index contributed by atoms with van der Waals surface area (Å²) in [6.45, 7) is 2.10. The summed E-state index contributed by atoms with van der Waals surface area (Å²) in [5.74, 6) is -0.598. The molecule has 1 unspecified atom stereocenters. The zero-order valence-electron chi connectivity index (χ0n) is 20.9. The third-order valence-electron chi connectivity index (χ3n) is 5.91. The van der Waals surface area contributed by atoms with Crippen molar-refractivity contribution in [2.75, 3.05) is 13.0 Å². The zero-order chi connectivity index (χ0) is 25.9. The van der Waals surface area contributed by atoms with Crippen molar-refractivity contribution in [1.29, 1.82) is 0 Å². The van der Waals surface area contributed by atoms with E-state index in [-0.39, 0.29) is 74.4 Å². The van der Waals surface area contributed by atoms with Gasteiger partial charge in [-0.3, -0.25) is 4.79 Å². The van der Waals surface area contributed by atoms with Crippen molar-refractivity contribution in [3.05, 3.63) is 83.4 Å². The molecule has 0 saturated heterocycles. The Hall–Kier alpha value is -1.73. The predicted molar refractivity (Wildman–Crippen MR) is 140 cm³/mol. The van der Waals surface area contributed by atoms with Crippen LogP contribution in [-0.2, 0) is 37.5 Å². The molecule has 1 radical (unpaired) electrons. The van der Waals surface area contributed by atoms with E-state index in [1.165, 1.54) is 24.3 Å². The summed E-state index contributed by atoms with van der Waals surface area (Å²) in [6.07, 6.45) is 3.02. The smallest absolute Gasteiger partial charge is 0.264 e. The summed E-state index contributed by atoms with van der Waals surface area (Å²) in [5.41, 5.74) is 2.22. The first-order valence-electron chi connectivity index (χ1n) is 11.4. The SMILES string of the molecule is CCCc1ccc(S(=O)(=O)NC(=O)C(Cc2ccc(S(C)(=O)=O)cc2)c2ccc3c(c2)OCO3)cc1.[K]. The van der Waals surface area contributed by atoms with Gasteiger partial charge in [-0.1, -0.05) is 43.7 Å². The number of sulfone groups is 1. The van der Waals surface area contributed by atoms with Crippen molar-refractivity contribution in [2.45, 2.75) is 41.9 Å². The van der Waals surface area contributed by atoms with Crippen molar-refractivity contribution in [1.82, 2.24) is 4.72 Å². The van der Waals surface area contributed by atoms with Crippen LogP contribution in [0.1, 0.15) is 36.0 Å². The van der Waals surface area contributed by atoms with E-state index in [0.717, 1.165) is 24.7 Å². The second kappa shape index (κ2) is 12.4. The van der Waals surface area contributed by atoms with E-state index in [2.05, 4.69) is 4.72 Å². The van der Waals surface area contributed by atoms with Gasteiger partial charge in [0.05, 0.1) is 15.7 Å². The van der Waals surface area contributed by atoms with Crippen molar-refractivity contribution < 1.29 is 31.1 Å². The molecule has 11 heteroatoms. The van der Waals surface area contributed by atoms with E-state index < -0.39 is 31.7 Å². The molecule has 191 valence electrons. The van der Waals surface area contributed by atoms with Gasteiger partial charge in [0.15, 0.2) is 21.3 Å². The van der Waals surface area contributed by atoms with Gasteiger partial charge < -0.3 is 9.47 Å². The Bertz CT molecular complexity index is 1470. The van der Waals surface area contributed by atoms with Crippen molar-refractivity contribution >= 4 is 77.2 Å². The molecule has 1 N–H and O–H groups in total. The molecule has 8 nitrogen and oxygen atoms in total. The molecule has 0 aromatic heterocycles. The Morgan fingerprint density at radius 2 is 1.46 bits per heavy atom. The van der Waals surface area contributed by atoms with Gasteiger partial charge in [-0.25, -0.2) is 21.6 Å². The van der Waals surface area contributed by atoms with Crippen LogP contribution in [0.25, 0.3) is 0 Å². The van der Waals surface area contributed by atoms with Crippen LogP contribution >= 0.6 is 0 Å². The molecule has 0 fully saturated rings. The minimum atomic E-state index is -4.11. The predicted octanol–water partition coefficient (Wildman–Crippen LogP) is 3.22. The zero-order valence-corrected chi connectivity index (χ0v) is 25.7. The van der Waals surface area contributed by atoms with Gasteiger partial charge in [-0.05, 0) is 65.9 Å². The largest absolute Gasteiger partial charge is 0.454 e. The molecular weight excluding hydrogens is 542 g/mol. The molecule has 3 aromatic carbocycles. The van der Waals surface area contributed by atoms with E-state index in [1.807, 2.05) is 6.92 Å². The summed E-state index contributed by atoms with van der Waals surface area (Å²) < 4.78 is 62.6. The van der Waals surface area contributed by atoms with E-state index in [1.54, 1.807) is 42.5 Å². The minimum absolute atomic E-state index is 0. The van der Waals surface area contributed by atoms with Crippen LogP contribution in [0.5, 0.6) is 11.5 Å². The molecule has 37 heavy (non-hydrogen) atoms. The Labute approximate surface area is 260 Å². The Balaban J connectivity index is 0.00000380. The van der Waals surface area contributed by atoms with E-state index in [4.69, 9.17) is 9.47 Å². The Morgan fingerprint density at radius 3 is 2.08 bits per heavy atom. The molecule has 0 bridgehead atoms. The number of hydrogen-bond acceptors (Lipinski definition) is 7. The molecule has 0 aliphatic carbocycles. The quantitative estimate of drug-likeness (QED) is 0.394. The number of sulfonamides is 1. The van der Waals surface area contributed by atoms with Crippen molar-refractivity contribution in [2.24, 2.45) is 0 Å². The summed E-state index contributed by atoms with van der Waals surface area (Å²) in [6, 6.07) is 17.6. The van der Waals surface area contributed by atoms with Gasteiger partial charge in [0.25, 0.3) is 10.0 Å². The second-order valence-corrected chi connectivity index (χ2v) is 12.3. The maximum atomic E-state index is 13.4. The Morgan fingerprint density at radius 1 is 0.865 bits per heavy atom. The molecule has 3 aromatic rings. The van der Waals surface area contributed by atoms with Crippen molar-refractivity contribution in [3.63, 3.8) is 0 Å². The third kappa shape index (κ3) is 7.44. The summed E-state index contributed by atoms with van der Waals surface area (Å²) in [4.78, 5) is 13.5. The number of hydrogen-bond donors (Lipinski definition) is 1. The van der Waals surface area contributed by atoms with Gasteiger partial charge in [-0.15, -0.1) is 0 Å². The number of carbonyl (C=O) groups excluding carboxylic acids is 1. The summed E-state index contributed by atoms with van der Waals surface area (Å²) >= 11 is 0. The summed E-state index contributed by atoms with van der Waals surface area (Å²) in [7, 11) is -7.48. The minimum Gasteiger partial charge on any atom is -0.454 e. The van der Waals surface area contributed by atoms with E-state index in [0.29, 0.717) is 22.6 Å². The normalized spacial score (nSPS) is 13.5. The molecule has 1 amide bonds. The maximum Gasteiger partial charge on any atom is 0.264 e. The standard InChI is InChI=1S/C26H27NO7S2.K/c1-3-4-18-5-12-22(13-6-18)36(31,32)27-26(28)23(20-9-14-24-25(16-20)34-17-33-24)15-19-7-10-21(11-8-19)35(2,29)30;/h5-14,16,23H,3-4,15,17H2,1-2H3,(H,27,28);. The van der Waals surface area contributed by atoms with Gasteiger partial charge in [0.2, 0.25) is 12.7 Å². The Kier molecular flexibility index (Phi) is 10.0. The number of benzene rings is 3. The fraction of sp³-hybridized carbons (Fsp3) is 0.269. The van der Waals surface area contributed by atoms with E-state index in [9.17, 15) is 21.6 Å². The molecular formula is C26H27KNO7S2. The number of carbonyl (C=O) groups is 1. The number of ether oxygens (including phenoxy) is 2. The molecule has 0 saturated carbocycles. The fourth-order valence-corrected chi connectivity index (χ4v) is 5.64. The third-order valence-corrected chi connectivity index (χ3v) is 8.41. The van der Waals surface area contributed by atoms with Crippen LogP contribution in [0.2, 0.25) is 0 Å². The molecule has 1 atom stereocenters. The number of amides is 1.